The summed E-state index contributed by atoms with van der Waals surface area (Å²) in [6, 6.07) is 3.33. The van der Waals surface area contributed by atoms with Gasteiger partial charge in [0.2, 0.25) is 12.7 Å². The number of nitrogens with two attached hydrogens (primary N) is 1. The molecule has 0 aliphatic rings. The summed E-state index contributed by atoms with van der Waals surface area (Å²) in [5.74, 6) is -1.65. The Labute approximate surface area is 168 Å². The molecule has 8 nitrogen and oxygen atoms in total. The number of aliphatic hydroxyl groups excluding tert-OH is 1. The summed E-state index contributed by atoms with van der Waals surface area (Å²) in [6.45, 7) is -1.70. The molecule has 0 aliphatic carbocycles. The number of nitrogens with one attached hydrogen (secondary N) is 1. The van der Waals surface area contributed by atoms with Crippen LogP contribution in [0.5, 0.6) is 5.88 Å². The van der Waals surface area contributed by atoms with Crippen LogP contribution in [0.1, 0.15) is 22.2 Å². The number of halogens is 3. The van der Waals surface area contributed by atoms with E-state index in [1.54, 1.807) is 0 Å². The van der Waals surface area contributed by atoms with Crippen LogP contribution >= 0.6 is 11.8 Å². The number of carbonyl (C=O) groups excluding carboxylic acids is 1. The van der Waals surface area contributed by atoms with Gasteiger partial charge >= 0.3 is 0 Å². The molecule has 0 radical (unpaired) electrons. The number of thioether (sulfide) groups is 1. The van der Waals surface area contributed by atoms with Crippen LogP contribution in [0.4, 0.5) is 18.9 Å². The van der Waals surface area contributed by atoms with Crippen LogP contribution in [0.15, 0.2) is 35.6 Å². The first kappa shape index (κ1) is 22.4. The minimum absolute atomic E-state index is 0.0373. The number of aromatic nitrogens is 2. The molecule has 2 atom stereocenters. The van der Waals surface area contributed by atoms with Crippen molar-refractivity contribution in [1.82, 2.24) is 9.97 Å². The maximum Gasteiger partial charge on any atom is 0.275 e. The lowest BCUT2D eigenvalue weighted by molar-refractivity contribution is 0.102. The zero-order chi connectivity index (χ0) is 21.4. The zero-order valence-electron chi connectivity index (χ0n) is 15.2. The fourth-order valence-corrected chi connectivity index (χ4v) is 2.95. The fourth-order valence-electron chi connectivity index (χ4n) is 2.19. The lowest BCUT2D eigenvalue weighted by atomic mass is 10.1. The van der Waals surface area contributed by atoms with Gasteiger partial charge in [-0.05, 0) is 18.2 Å². The van der Waals surface area contributed by atoms with E-state index in [2.05, 4.69) is 25.0 Å². The summed E-state index contributed by atoms with van der Waals surface area (Å²) in [6.07, 6.45) is 0.206. The van der Waals surface area contributed by atoms with Crippen LogP contribution in [0.3, 0.4) is 0 Å². The Kier molecular flexibility index (Phi) is 8.21. The number of amides is 1. The summed E-state index contributed by atoms with van der Waals surface area (Å²) >= 11 is 0.770. The Morgan fingerprint density at radius 2 is 2.17 bits per heavy atom. The highest BCUT2D eigenvalue weighted by Gasteiger charge is 2.27. The van der Waals surface area contributed by atoms with Crippen LogP contribution < -0.4 is 15.8 Å². The lowest BCUT2D eigenvalue weighted by Crippen LogP contribution is -2.22. The number of ether oxygens (including phenoxy) is 1. The Morgan fingerprint density at radius 3 is 2.76 bits per heavy atom. The molecule has 0 bridgehead atoms. The van der Waals surface area contributed by atoms with Crippen LogP contribution in [-0.4, -0.2) is 51.9 Å². The molecule has 156 valence electrons. The van der Waals surface area contributed by atoms with Gasteiger partial charge in [0.15, 0.2) is 5.17 Å². The largest absolute Gasteiger partial charge is 0.445 e. The van der Waals surface area contributed by atoms with Crippen molar-refractivity contribution < 1.29 is 27.8 Å². The van der Waals surface area contributed by atoms with Crippen molar-refractivity contribution in [3.8, 4) is 5.88 Å². The van der Waals surface area contributed by atoms with Gasteiger partial charge in [-0.25, -0.2) is 23.1 Å². The Balaban J connectivity index is 2.17. The van der Waals surface area contributed by atoms with Gasteiger partial charge < -0.3 is 20.9 Å². The molecule has 29 heavy (non-hydrogen) atoms. The molecule has 0 fully saturated rings. The van der Waals surface area contributed by atoms with E-state index in [0.717, 1.165) is 36.3 Å². The third-order valence-corrected chi connectivity index (χ3v) is 4.73. The SMILES string of the molecule is CN=C(N)S[C@H](CO)[C@H](F)c1cc(NC(=O)c2cnc(OCF)cn2)ccc1F. The van der Waals surface area contributed by atoms with Crippen LogP contribution in [0, 0.1) is 5.82 Å². The maximum atomic E-state index is 14.8. The van der Waals surface area contributed by atoms with Gasteiger partial charge in [-0.3, -0.25) is 9.79 Å². The Bertz CT molecular complexity index is 870. The van der Waals surface area contributed by atoms with Gasteiger partial charge in [-0.15, -0.1) is 0 Å². The smallest absolute Gasteiger partial charge is 0.275 e. The molecular weight excluding hydrogens is 411 g/mol. The summed E-state index contributed by atoms with van der Waals surface area (Å²) in [5.41, 5.74) is 5.15. The highest BCUT2D eigenvalue weighted by atomic mass is 32.2. The van der Waals surface area contributed by atoms with E-state index in [-0.39, 0.29) is 28.0 Å². The molecule has 0 aliphatic heterocycles. The van der Waals surface area contributed by atoms with E-state index in [0.29, 0.717) is 0 Å². The van der Waals surface area contributed by atoms with Gasteiger partial charge in [0.1, 0.15) is 17.7 Å². The second-order valence-electron chi connectivity index (χ2n) is 5.49. The predicted octanol–water partition coefficient (Wildman–Crippen LogP) is 2.22. The number of amidine groups is 1. The standard InChI is InChI=1S/C17H18F3N5O3S/c1-22-17(21)29-13(7-26)15(20)10-4-9(2-3-11(10)19)25-16(27)12-5-24-14(6-23-12)28-8-18/h2-6,13,15,26H,7-8H2,1H3,(H2,21,22)(H,25,27)/t13-,15-/m1/s1. The zero-order valence-corrected chi connectivity index (χ0v) is 16.0. The van der Waals surface area contributed by atoms with E-state index in [1.807, 2.05) is 0 Å². The fraction of sp³-hybridized carbons (Fsp3) is 0.294. The summed E-state index contributed by atoms with van der Waals surface area (Å²) < 4.78 is 45.5. The average Bonchev–Trinajstić information content (AvgIpc) is 2.73. The molecule has 0 saturated heterocycles. The van der Waals surface area contributed by atoms with Gasteiger partial charge in [0.05, 0.1) is 24.3 Å². The van der Waals surface area contributed by atoms with Gasteiger partial charge in [-0.1, -0.05) is 11.8 Å². The highest BCUT2D eigenvalue weighted by molar-refractivity contribution is 8.14. The van der Waals surface area contributed by atoms with E-state index in [9.17, 15) is 23.1 Å². The van der Waals surface area contributed by atoms with Crippen LogP contribution in [0.2, 0.25) is 0 Å². The van der Waals surface area contributed by atoms with E-state index >= 15 is 0 Å². The number of carbonyl (C=O) groups is 1. The molecule has 1 aromatic carbocycles. The number of nitrogens with zero attached hydrogens (tertiary/aromatic N) is 3. The molecule has 0 unspecified atom stereocenters. The molecule has 2 aromatic rings. The molecule has 1 amide bonds. The van der Waals surface area contributed by atoms with E-state index < -0.39 is 36.6 Å². The third-order valence-electron chi connectivity index (χ3n) is 3.61. The van der Waals surface area contributed by atoms with E-state index in [1.165, 1.54) is 13.1 Å². The first-order valence-corrected chi connectivity index (χ1v) is 9.03. The Hall–Kier alpha value is -2.86. The van der Waals surface area contributed by atoms with Gasteiger partial charge in [0.25, 0.3) is 5.91 Å². The van der Waals surface area contributed by atoms with Crippen molar-refractivity contribution in [2.24, 2.45) is 10.7 Å². The van der Waals surface area contributed by atoms with Crippen molar-refractivity contribution >= 4 is 28.5 Å². The lowest BCUT2D eigenvalue weighted by Gasteiger charge is -2.19. The van der Waals surface area contributed by atoms with Crippen LogP contribution in [0.25, 0.3) is 0 Å². The van der Waals surface area contributed by atoms with Crippen molar-refractivity contribution in [3.05, 3.63) is 47.7 Å². The number of hydrogen-bond donors (Lipinski definition) is 3. The number of benzene rings is 1. The number of rotatable bonds is 8. The second-order valence-corrected chi connectivity index (χ2v) is 6.75. The molecule has 4 N–H and O–H groups in total. The molecule has 1 aromatic heterocycles. The molecule has 0 spiro atoms. The Morgan fingerprint density at radius 1 is 1.41 bits per heavy atom. The molecule has 0 saturated carbocycles. The van der Waals surface area contributed by atoms with Gasteiger partial charge in [0, 0.05) is 18.3 Å². The van der Waals surface area contributed by atoms with Crippen LogP contribution in [-0.2, 0) is 0 Å². The van der Waals surface area contributed by atoms with Crippen molar-refractivity contribution in [3.63, 3.8) is 0 Å². The minimum Gasteiger partial charge on any atom is -0.445 e. The quantitative estimate of drug-likeness (QED) is 0.434. The maximum absolute atomic E-state index is 14.8. The predicted molar refractivity (Wildman–Crippen MR) is 103 cm³/mol. The van der Waals surface area contributed by atoms with Crippen molar-refractivity contribution in [1.29, 1.82) is 0 Å². The molecule has 1 heterocycles. The number of alkyl halides is 2. The van der Waals surface area contributed by atoms with E-state index in [4.69, 9.17) is 5.73 Å². The average molecular weight is 429 g/mol. The highest BCUT2D eigenvalue weighted by Crippen LogP contribution is 2.33. The van der Waals surface area contributed by atoms with Crippen molar-refractivity contribution in [2.75, 3.05) is 25.8 Å². The monoisotopic (exact) mass is 429 g/mol. The number of aliphatic imine (C=N–C) groups is 1. The topological polar surface area (TPSA) is 123 Å². The molecule has 12 heteroatoms. The minimum atomic E-state index is -1.92. The normalized spacial score (nSPS) is 13.6. The second kappa shape index (κ2) is 10.6. The summed E-state index contributed by atoms with van der Waals surface area (Å²) in [5, 5.41) is 10.8. The summed E-state index contributed by atoms with van der Waals surface area (Å²) in [4.78, 5) is 23.4. The van der Waals surface area contributed by atoms with Gasteiger partial charge in [-0.2, -0.15) is 0 Å². The number of hydrogen-bond acceptors (Lipinski definition) is 7. The summed E-state index contributed by atoms with van der Waals surface area (Å²) in [7, 11) is 1.40. The first-order chi connectivity index (χ1) is 13.9. The van der Waals surface area contributed by atoms with Crippen molar-refractivity contribution in [2.45, 2.75) is 11.4 Å². The molecular formula is C17H18F3N5O3S. The number of anilines is 1. The molecule has 2 rings (SSSR count). The number of aliphatic hydroxyl groups is 1. The first-order valence-electron chi connectivity index (χ1n) is 8.15. The third kappa shape index (κ3) is 6.06.